The number of nitrogens with one attached hydrogen (secondary N) is 1. The number of hydrogen-bond acceptors (Lipinski definition) is 5. The molecule has 5 nitrogen and oxygen atoms in total. The molecule has 1 N–H and O–H groups in total. The van der Waals surface area contributed by atoms with E-state index < -0.39 is 0 Å². The molecule has 0 bridgehead atoms. The molecule has 4 rings (SSSR count). The van der Waals surface area contributed by atoms with Crippen molar-refractivity contribution in [1.29, 1.82) is 0 Å². The topological polar surface area (TPSA) is 54.7 Å². The smallest absolute Gasteiger partial charge is 0.338 e. The molecule has 1 fully saturated rings. The maximum Gasteiger partial charge on any atom is 0.338 e. The minimum atomic E-state index is -0.326. The molecule has 2 aromatic carbocycles. The van der Waals surface area contributed by atoms with Gasteiger partial charge >= 0.3 is 5.63 Å². The fourth-order valence-electron chi connectivity index (χ4n) is 3.60. The van der Waals surface area contributed by atoms with Gasteiger partial charge in [0.2, 0.25) is 0 Å². The predicted molar refractivity (Wildman–Crippen MR) is 108 cm³/mol. The molecule has 2 heterocycles. The van der Waals surface area contributed by atoms with E-state index >= 15 is 0 Å². The highest BCUT2D eigenvalue weighted by Gasteiger charge is 2.18. The highest BCUT2D eigenvalue weighted by Crippen LogP contribution is 2.34. The van der Waals surface area contributed by atoms with E-state index in [1.807, 2.05) is 56.3 Å². The maximum atomic E-state index is 12.2. The predicted octanol–water partition coefficient (Wildman–Crippen LogP) is 3.65. The number of rotatable bonds is 4. The minimum absolute atomic E-state index is 0.0922. The van der Waals surface area contributed by atoms with Crippen LogP contribution in [0.25, 0.3) is 11.0 Å². The molecule has 0 radical (unpaired) electrons. The van der Waals surface area contributed by atoms with E-state index in [0.717, 1.165) is 54.1 Å². The quantitative estimate of drug-likeness (QED) is 0.716. The van der Waals surface area contributed by atoms with E-state index in [4.69, 9.17) is 9.15 Å². The lowest BCUT2D eigenvalue weighted by Crippen LogP contribution is -2.43. The van der Waals surface area contributed by atoms with Crippen molar-refractivity contribution in [3.8, 4) is 5.75 Å². The molecule has 140 valence electrons. The molecule has 1 saturated heterocycles. The van der Waals surface area contributed by atoms with Crippen molar-refractivity contribution in [1.82, 2.24) is 5.32 Å². The Kier molecular flexibility index (Phi) is 4.86. The Morgan fingerprint density at radius 2 is 1.85 bits per heavy atom. The summed E-state index contributed by atoms with van der Waals surface area (Å²) in [5, 5.41) is 4.29. The largest absolute Gasteiger partial charge is 0.486 e. The Bertz CT molecular complexity index is 992. The van der Waals surface area contributed by atoms with Gasteiger partial charge in [-0.25, -0.2) is 4.79 Å². The minimum Gasteiger partial charge on any atom is -0.486 e. The second kappa shape index (κ2) is 7.45. The summed E-state index contributed by atoms with van der Waals surface area (Å²) in [6, 6.07) is 15.7. The van der Waals surface area contributed by atoms with E-state index in [2.05, 4.69) is 10.2 Å². The van der Waals surface area contributed by atoms with Crippen molar-refractivity contribution in [2.24, 2.45) is 0 Å². The Morgan fingerprint density at radius 3 is 2.59 bits per heavy atom. The lowest BCUT2D eigenvalue weighted by atomic mass is 10.1. The van der Waals surface area contributed by atoms with Crippen molar-refractivity contribution in [2.75, 3.05) is 31.1 Å². The monoisotopic (exact) mass is 364 g/mol. The lowest BCUT2D eigenvalue weighted by molar-refractivity contribution is 0.225. The number of fused-ring (bicyclic) bond motifs is 1. The average molecular weight is 364 g/mol. The number of aryl methyl sites for hydroxylation is 1. The summed E-state index contributed by atoms with van der Waals surface area (Å²) < 4.78 is 11.8. The summed E-state index contributed by atoms with van der Waals surface area (Å²) in [7, 11) is 0. The molecule has 1 unspecified atom stereocenters. The molecule has 0 amide bonds. The molecular formula is C22H24N2O3. The lowest BCUT2D eigenvalue weighted by Gasteiger charge is -2.30. The number of nitrogens with zero attached hydrogens (tertiary/aromatic N) is 1. The van der Waals surface area contributed by atoms with Gasteiger partial charge in [-0.05, 0) is 31.5 Å². The van der Waals surface area contributed by atoms with Gasteiger partial charge in [-0.2, -0.15) is 0 Å². The Labute approximate surface area is 158 Å². The third kappa shape index (κ3) is 3.55. The fourth-order valence-corrected chi connectivity index (χ4v) is 3.60. The van der Waals surface area contributed by atoms with E-state index in [-0.39, 0.29) is 11.7 Å². The van der Waals surface area contributed by atoms with Crippen LogP contribution in [-0.2, 0) is 0 Å². The van der Waals surface area contributed by atoms with Gasteiger partial charge in [0.25, 0.3) is 0 Å². The third-order valence-electron chi connectivity index (χ3n) is 5.12. The van der Waals surface area contributed by atoms with Crippen LogP contribution in [0, 0.1) is 6.92 Å². The Balaban J connectivity index is 1.72. The first-order chi connectivity index (χ1) is 13.1. The molecule has 0 aliphatic carbocycles. The molecule has 1 aliphatic heterocycles. The number of piperazine rings is 1. The van der Waals surface area contributed by atoms with E-state index in [9.17, 15) is 4.79 Å². The summed E-state index contributed by atoms with van der Waals surface area (Å²) >= 11 is 0. The standard InChI is InChI=1S/C22H24N2O3/c1-15-20(26-16(2)17-6-4-3-5-7-17)9-8-18-19(14-21(25)27-22(15)18)24-12-10-23-11-13-24/h3-9,14,16,23H,10-13H2,1-2H3. The van der Waals surface area contributed by atoms with Gasteiger partial charge in [-0.15, -0.1) is 0 Å². The molecule has 1 aliphatic rings. The number of ether oxygens (including phenoxy) is 1. The van der Waals surface area contributed by atoms with Crippen LogP contribution in [0.5, 0.6) is 5.75 Å². The molecule has 3 aromatic rings. The van der Waals surface area contributed by atoms with E-state index in [1.54, 1.807) is 6.07 Å². The summed E-state index contributed by atoms with van der Waals surface area (Å²) in [5.74, 6) is 0.736. The Morgan fingerprint density at radius 1 is 1.11 bits per heavy atom. The van der Waals surface area contributed by atoms with Gasteiger partial charge in [0.1, 0.15) is 17.4 Å². The van der Waals surface area contributed by atoms with E-state index in [1.165, 1.54) is 0 Å². The zero-order valence-corrected chi connectivity index (χ0v) is 15.7. The van der Waals surface area contributed by atoms with Gasteiger partial charge in [0, 0.05) is 43.2 Å². The molecule has 0 spiro atoms. The number of hydrogen-bond donors (Lipinski definition) is 1. The summed E-state index contributed by atoms with van der Waals surface area (Å²) in [4.78, 5) is 14.4. The average Bonchev–Trinajstić information content (AvgIpc) is 2.71. The molecule has 27 heavy (non-hydrogen) atoms. The summed E-state index contributed by atoms with van der Waals surface area (Å²) in [5.41, 5.74) is 3.17. The van der Waals surface area contributed by atoms with Gasteiger partial charge < -0.3 is 19.4 Å². The van der Waals surface area contributed by atoms with Crippen LogP contribution in [0.2, 0.25) is 0 Å². The normalized spacial score (nSPS) is 15.7. The Hall–Kier alpha value is -2.79. The van der Waals surface area contributed by atoms with Crippen LogP contribution in [-0.4, -0.2) is 26.2 Å². The van der Waals surface area contributed by atoms with E-state index in [0.29, 0.717) is 5.58 Å². The van der Waals surface area contributed by atoms with Gasteiger partial charge in [0.05, 0.1) is 5.69 Å². The molecule has 1 aromatic heterocycles. The fraction of sp³-hybridized carbons (Fsp3) is 0.318. The zero-order valence-electron chi connectivity index (χ0n) is 15.7. The third-order valence-corrected chi connectivity index (χ3v) is 5.12. The SMILES string of the molecule is Cc1c(OC(C)c2ccccc2)ccc2c(N3CCNCC3)cc(=O)oc12. The number of benzene rings is 2. The molecular weight excluding hydrogens is 340 g/mol. The van der Waals surface area contributed by atoms with Crippen LogP contribution in [0.15, 0.2) is 57.7 Å². The second-order valence-electron chi connectivity index (χ2n) is 6.92. The van der Waals surface area contributed by atoms with Crippen molar-refractivity contribution in [3.63, 3.8) is 0 Å². The molecule has 5 heteroatoms. The van der Waals surface area contributed by atoms with Gasteiger partial charge in [0.15, 0.2) is 0 Å². The van der Waals surface area contributed by atoms with Crippen LogP contribution >= 0.6 is 0 Å². The van der Waals surface area contributed by atoms with Crippen LogP contribution in [0.1, 0.15) is 24.2 Å². The molecule has 1 atom stereocenters. The maximum absolute atomic E-state index is 12.2. The summed E-state index contributed by atoms with van der Waals surface area (Å²) in [6.07, 6.45) is -0.0922. The first-order valence-corrected chi connectivity index (χ1v) is 9.38. The van der Waals surface area contributed by atoms with Crippen molar-refractivity contribution in [3.05, 3.63) is 70.1 Å². The van der Waals surface area contributed by atoms with Crippen LogP contribution in [0.3, 0.4) is 0 Å². The number of anilines is 1. The van der Waals surface area contributed by atoms with Gasteiger partial charge in [-0.3, -0.25) is 0 Å². The van der Waals surface area contributed by atoms with Crippen LogP contribution < -0.4 is 20.6 Å². The first kappa shape index (κ1) is 17.6. The summed E-state index contributed by atoms with van der Waals surface area (Å²) in [6.45, 7) is 7.54. The highest BCUT2D eigenvalue weighted by molar-refractivity contribution is 5.93. The zero-order chi connectivity index (χ0) is 18.8. The second-order valence-corrected chi connectivity index (χ2v) is 6.92. The van der Waals surface area contributed by atoms with Crippen molar-refractivity contribution in [2.45, 2.75) is 20.0 Å². The van der Waals surface area contributed by atoms with Crippen molar-refractivity contribution < 1.29 is 9.15 Å². The molecule has 0 saturated carbocycles. The highest BCUT2D eigenvalue weighted by atomic mass is 16.5. The van der Waals surface area contributed by atoms with Crippen LogP contribution in [0.4, 0.5) is 5.69 Å². The van der Waals surface area contributed by atoms with Gasteiger partial charge in [-0.1, -0.05) is 30.3 Å². The van der Waals surface area contributed by atoms with Crippen molar-refractivity contribution >= 4 is 16.7 Å². The first-order valence-electron chi connectivity index (χ1n) is 9.38.